The number of hydrogen-bond donors (Lipinski definition) is 0. The van der Waals surface area contributed by atoms with Crippen LogP contribution in [-0.2, 0) is 0 Å². The van der Waals surface area contributed by atoms with Crippen LogP contribution in [0.5, 0.6) is 0 Å². The highest BCUT2D eigenvalue weighted by Gasteiger charge is 2.18. The summed E-state index contributed by atoms with van der Waals surface area (Å²) < 4.78 is 0. The second kappa shape index (κ2) is 13.1. The standard InChI is InChI=1S/C45H31N3/c1-5-17-32(18-6-1)36-29-37(33-19-7-2-8-20-33)31-38(30-36)39-25-13-14-26-40(39)41-27-15-16-28-42(41)45-47-43(34-21-9-3-10-22-34)46-44(48-45)35-23-11-4-12-24-35/h1-31H. The highest BCUT2D eigenvalue weighted by Crippen LogP contribution is 2.40. The lowest BCUT2D eigenvalue weighted by atomic mass is 9.88. The van der Waals surface area contributed by atoms with Crippen LogP contribution >= 0.6 is 0 Å². The summed E-state index contributed by atoms with van der Waals surface area (Å²) in [5.41, 5.74) is 12.0. The second-order valence-corrected chi connectivity index (χ2v) is 11.7. The molecule has 1 aromatic heterocycles. The summed E-state index contributed by atoms with van der Waals surface area (Å²) in [5.74, 6) is 1.92. The minimum absolute atomic E-state index is 0.635. The van der Waals surface area contributed by atoms with E-state index >= 15 is 0 Å². The molecule has 3 nitrogen and oxygen atoms in total. The average molecular weight is 614 g/mol. The molecule has 48 heavy (non-hydrogen) atoms. The van der Waals surface area contributed by atoms with E-state index in [0.717, 1.165) is 38.9 Å². The summed E-state index contributed by atoms with van der Waals surface area (Å²) in [5, 5.41) is 0. The molecular formula is C45H31N3. The first kappa shape index (κ1) is 29.0. The van der Waals surface area contributed by atoms with Gasteiger partial charge >= 0.3 is 0 Å². The number of aromatic nitrogens is 3. The van der Waals surface area contributed by atoms with Crippen LogP contribution in [0, 0.1) is 0 Å². The highest BCUT2D eigenvalue weighted by molar-refractivity contribution is 5.93. The molecule has 0 fully saturated rings. The van der Waals surface area contributed by atoms with Crippen molar-refractivity contribution in [2.24, 2.45) is 0 Å². The molecule has 0 bridgehead atoms. The third-order valence-corrected chi connectivity index (χ3v) is 8.54. The Labute approximate surface area is 280 Å². The third-order valence-electron chi connectivity index (χ3n) is 8.54. The first-order valence-electron chi connectivity index (χ1n) is 16.1. The molecule has 0 atom stereocenters. The predicted molar refractivity (Wildman–Crippen MR) is 198 cm³/mol. The van der Waals surface area contributed by atoms with Gasteiger partial charge < -0.3 is 0 Å². The molecule has 8 rings (SSSR count). The topological polar surface area (TPSA) is 38.7 Å². The van der Waals surface area contributed by atoms with E-state index in [9.17, 15) is 0 Å². The fourth-order valence-corrected chi connectivity index (χ4v) is 6.19. The van der Waals surface area contributed by atoms with Gasteiger partial charge in [0.25, 0.3) is 0 Å². The summed E-state index contributed by atoms with van der Waals surface area (Å²) >= 11 is 0. The fraction of sp³-hybridized carbons (Fsp3) is 0. The van der Waals surface area contributed by atoms with Crippen LogP contribution < -0.4 is 0 Å². The maximum absolute atomic E-state index is 5.07. The first-order chi connectivity index (χ1) is 23.8. The van der Waals surface area contributed by atoms with E-state index in [1.54, 1.807) is 0 Å². The van der Waals surface area contributed by atoms with Crippen LogP contribution in [0.25, 0.3) is 78.7 Å². The maximum Gasteiger partial charge on any atom is 0.164 e. The van der Waals surface area contributed by atoms with Crippen molar-refractivity contribution in [2.75, 3.05) is 0 Å². The summed E-state index contributed by atoms with van der Waals surface area (Å²) in [6.45, 7) is 0. The van der Waals surface area contributed by atoms with Crippen LogP contribution in [0.1, 0.15) is 0 Å². The Morgan fingerprint density at radius 1 is 0.208 bits per heavy atom. The number of nitrogens with zero attached hydrogens (tertiary/aromatic N) is 3. The summed E-state index contributed by atoms with van der Waals surface area (Å²) in [7, 11) is 0. The normalized spacial score (nSPS) is 10.9. The van der Waals surface area contributed by atoms with Crippen molar-refractivity contribution >= 4 is 0 Å². The zero-order valence-corrected chi connectivity index (χ0v) is 26.2. The van der Waals surface area contributed by atoms with Crippen molar-refractivity contribution in [1.29, 1.82) is 0 Å². The van der Waals surface area contributed by atoms with Gasteiger partial charge in [-0.15, -0.1) is 0 Å². The Kier molecular flexibility index (Phi) is 7.92. The zero-order chi connectivity index (χ0) is 32.1. The lowest BCUT2D eigenvalue weighted by Gasteiger charge is -2.17. The predicted octanol–water partition coefficient (Wildman–Crippen LogP) is 11.5. The maximum atomic E-state index is 5.07. The SMILES string of the molecule is c1ccc(-c2cc(-c3ccccc3)cc(-c3ccccc3-c3ccccc3-c3nc(-c4ccccc4)nc(-c4ccccc4)n3)c2)cc1. The van der Waals surface area contributed by atoms with Gasteiger partial charge in [0.1, 0.15) is 0 Å². The smallest absolute Gasteiger partial charge is 0.164 e. The molecule has 0 unspecified atom stereocenters. The Morgan fingerprint density at radius 3 is 0.979 bits per heavy atom. The quantitative estimate of drug-likeness (QED) is 0.179. The van der Waals surface area contributed by atoms with Gasteiger partial charge in [-0.1, -0.05) is 170 Å². The van der Waals surface area contributed by atoms with Crippen LogP contribution in [0.2, 0.25) is 0 Å². The molecule has 7 aromatic carbocycles. The molecule has 0 amide bonds. The summed E-state index contributed by atoms with van der Waals surface area (Å²) in [6, 6.07) is 65.3. The molecule has 0 saturated heterocycles. The molecule has 0 radical (unpaired) electrons. The Bertz CT molecular complexity index is 2030. The molecule has 1 heterocycles. The summed E-state index contributed by atoms with van der Waals surface area (Å²) in [6.07, 6.45) is 0. The van der Waals surface area contributed by atoms with E-state index in [4.69, 9.17) is 15.0 Å². The second-order valence-electron chi connectivity index (χ2n) is 11.7. The molecular weight excluding hydrogens is 583 g/mol. The van der Waals surface area contributed by atoms with Gasteiger partial charge in [-0.3, -0.25) is 0 Å². The monoisotopic (exact) mass is 613 g/mol. The van der Waals surface area contributed by atoms with Crippen molar-refractivity contribution in [3.63, 3.8) is 0 Å². The van der Waals surface area contributed by atoms with E-state index in [-0.39, 0.29) is 0 Å². The molecule has 8 aromatic rings. The number of benzene rings is 7. The van der Waals surface area contributed by atoms with Crippen LogP contribution in [0.4, 0.5) is 0 Å². The van der Waals surface area contributed by atoms with Gasteiger partial charge in [0.2, 0.25) is 0 Å². The van der Waals surface area contributed by atoms with Gasteiger partial charge in [0, 0.05) is 16.7 Å². The minimum atomic E-state index is 0.635. The van der Waals surface area contributed by atoms with Crippen molar-refractivity contribution in [3.8, 4) is 78.7 Å². The van der Waals surface area contributed by atoms with Crippen molar-refractivity contribution in [3.05, 3.63) is 188 Å². The molecule has 0 aliphatic heterocycles. The summed E-state index contributed by atoms with van der Waals surface area (Å²) in [4.78, 5) is 15.1. The highest BCUT2D eigenvalue weighted by atomic mass is 15.0. The van der Waals surface area contributed by atoms with Crippen molar-refractivity contribution < 1.29 is 0 Å². The zero-order valence-electron chi connectivity index (χ0n) is 26.2. The molecule has 0 N–H and O–H groups in total. The lowest BCUT2D eigenvalue weighted by molar-refractivity contribution is 1.07. The van der Waals surface area contributed by atoms with Crippen LogP contribution in [-0.4, -0.2) is 15.0 Å². The van der Waals surface area contributed by atoms with Gasteiger partial charge in [-0.25, -0.2) is 15.0 Å². The Balaban J connectivity index is 1.32. The first-order valence-corrected chi connectivity index (χ1v) is 16.1. The van der Waals surface area contributed by atoms with Crippen LogP contribution in [0.15, 0.2) is 188 Å². The van der Waals surface area contributed by atoms with Gasteiger partial charge in [0.05, 0.1) is 0 Å². The largest absolute Gasteiger partial charge is 0.208 e. The van der Waals surface area contributed by atoms with Crippen LogP contribution in [0.3, 0.4) is 0 Å². The van der Waals surface area contributed by atoms with E-state index in [0.29, 0.717) is 17.5 Å². The van der Waals surface area contributed by atoms with E-state index < -0.39 is 0 Å². The number of hydrogen-bond acceptors (Lipinski definition) is 3. The average Bonchev–Trinajstić information content (AvgIpc) is 3.19. The lowest BCUT2D eigenvalue weighted by Crippen LogP contribution is -2.01. The van der Waals surface area contributed by atoms with E-state index in [1.807, 2.05) is 60.7 Å². The Hall–Kier alpha value is -6.45. The van der Waals surface area contributed by atoms with Crippen molar-refractivity contribution in [2.45, 2.75) is 0 Å². The molecule has 0 spiro atoms. The van der Waals surface area contributed by atoms with E-state index in [1.165, 1.54) is 22.3 Å². The molecule has 226 valence electrons. The van der Waals surface area contributed by atoms with E-state index in [2.05, 4.69) is 127 Å². The molecule has 0 saturated carbocycles. The minimum Gasteiger partial charge on any atom is -0.208 e. The van der Waals surface area contributed by atoms with Gasteiger partial charge in [0.15, 0.2) is 17.5 Å². The Morgan fingerprint density at radius 2 is 0.521 bits per heavy atom. The van der Waals surface area contributed by atoms with Gasteiger partial charge in [-0.05, 0) is 62.7 Å². The molecule has 3 heteroatoms. The fourth-order valence-electron chi connectivity index (χ4n) is 6.19. The molecule has 0 aliphatic carbocycles. The molecule has 0 aliphatic rings. The van der Waals surface area contributed by atoms with Crippen molar-refractivity contribution in [1.82, 2.24) is 15.0 Å². The number of rotatable bonds is 7. The third kappa shape index (κ3) is 5.93. The van der Waals surface area contributed by atoms with Gasteiger partial charge in [-0.2, -0.15) is 0 Å².